The molecule has 0 unspecified atom stereocenters. The highest BCUT2D eigenvalue weighted by Gasteiger charge is 2.09. The SMILES string of the molecule is CCOc1ccccc1-c1nc(CNCC(C)C)cs1. The van der Waals surface area contributed by atoms with Crippen LogP contribution in [0.15, 0.2) is 29.6 Å². The summed E-state index contributed by atoms with van der Waals surface area (Å²) < 4.78 is 5.66. The molecule has 1 aromatic carbocycles. The van der Waals surface area contributed by atoms with E-state index in [9.17, 15) is 0 Å². The summed E-state index contributed by atoms with van der Waals surface area (Å²) in [5.41, 5.74) is 2.17. The second kappa shape index (κ2) is 7.41. The summed E-state index contributed by atoms with van der Waals surface area (Å²) in [7, 11) is 0. The van der Waals surface area contributed by atoms with E-state index in [-0.39, 0.29) is 0 Å². The highest BCUT2D eigenvalue weighted by molar-refractivity contribution is 7.13. The summed E-state index contributed by atoms with van der Waals surface area (Å²) in [6.07, 6.45) is 0. The fourth-order valence-electron chi connectivity index (χ4n) is 1.93. The Morgan fingerprint density at radius 2 is 2.10 bits per heavy atom. The van der Waals surface area contributed by atoms with Crippen LogP contribution in [0.25, 0.3) is 10.6 Å². The van der Waals surface area contributed by atoms with Crippen LogP contribution >= 0.6 is 11.3 Å². The molecule has 1 aromatic heterocycles. The first-order chi connectivity index (χ1) is 9.70. The molecule has 2 aromatic rings. The number of nitrogens with one attached hydrogen (secondary N) is 1. The molecule has 0 fully saturated rings. The summed E-state index contributed by atoms with van der Waals surface area (Å²) in [5.74, 6) is 1.57. The van der Waals surface area contributed by atoms with Crippen LogP contribution in [-0.2, 0) is 6.54 Å². The number of nitrogens with zero attached hydrogens (tertiary/aromatic N) is 1. The van der Waals surface area contributed by atoms with Crippen molar-refractivity contribution in [3.05, 3.63) is 35.3 Å². The second-order valence-electron chi connectivity index (χ2n) is 5.10. The van der Waals surface area contributed by atoms with E-state index in [1.807, 2.05) is 25.1 Å². The Morgan fingerprint density at radius 1 is 1.30 bits per heavy atom. The first-order valence-electron chi connectivity index (χ1n) is 7.08. The minimum absolute atomic E-state index is 0.659. The minimum Gasteiger partial charge on any atom is -0.493 e. The highest BCUT2D eigenvalue weighted by Crippen LogP contribution is 2.32. The van der Waals surface area contributed by atoms with Gasteiger partial charge in [-0.25, -0.2) is 4.98 Å². The van der Waals surface area contributed by atoms with E-state index in [1.54, 1.807) is 11.3 Å². The van der Waals surface area contributed by atoms with Crippen molar-refractivity contribution in [1.29, 1.82) is 0 Å². The molecule has 0 aliphatic carbocycles. The van der Waals surface area contributed by atoms with Gasteiger partial charge in [0.2, 0.25) is 0 Å². The summed E-state index contributed by atoms with van der Waals surface area (Å²) in [5, 5.41) is 6.56. The van der Waals surface area contributed by atoms with Crippen molar-refractivity contribution < 1.29 is 4.74 Å². The standard InChI is InChI=1S/C16H22N2OS/c1-4-19-15-8-6-5-7-14(15)16-18-13(11-20-16)10-17-9-12(2)3/h5-8,11-12,17H,4,9-10H2,1-3H3. The summed E-state index contributed by atoms with van der Waals surface area (Å²) in [6.45, 7) is 8.93. The number of rotatable bonds is 7. The van der Waals surface area contributed by atoms with Gasteiger partial charge >= 0.3 is 0 Å². The molecule has 0 spiro atoms. The molecule has 3 nitrogen and oxygen atoms in total. The fraction of sp³-hybridized carbons (Fsp3) is 0.438. The Labute approximate surface area is 125 Å². The number of benzene rings is 1. The third-order valence-electron chi connectivity index (χ3n) is 2.83. The first kappa shape index (κ1) is 15.0. The fourth-order valence-corrected chi connectivity index (χ4v) is 2.77. The minimum atomic E-state index is 0.659. The van der Waals surface area contributed by atoms with Crippen molar-refractivity contribution in [2.45, 2.75) is 27.3 Å². The zero-order valence-corrected chi connectivity index (χ0v) is 13.2. The smallest absolute Gasteiger partial charge is 0.129 e. The van der Waals surface area contributed by atoms with E-state index in [0.29, 0.717) is 12.5 Å². The third kappa shape index (κ3) is 4.05. The summed E-state index contributed by atoms with van der Waals surface area (Å²) in [6, 6.07) is 8.08. The van der Waals surface area contributed by atoms with Gasteiger partial charge in [0, 0.05) is 11.9 Å². The number of aromatic nitrogens is 1. The monoisotopic (exact) mass is 290 g/mol. The molecule has 0 saturated carbocycles. The van der Waals surface area contributed by atoms with Crippen molar-refractivity contribution in [3.8, 4) is 16.3 Å². The molecule has 0 aliphatic heterocycles. The lowest BCUT2D eigenvalue weighted by Crippen LogP contribution is -2.19. The number of hydrogen-bond donors (Lipinski definition) is 1. The van der Waals surface area contributed by atoms with Crippen molar-refractivity contribution in [3.63, 3.8) is 0 Å². The largest absolute Gasteiger partial charge is 0.493 e. The maximum atomic E-state index is 5.66. The Hall–Kier alpha value is -1.39. The van der Waals surface area contributed by atoms with Crippen LogP contribution in [-0.4, -0.2) is 18.1 Å². The Kier molecular flexibility index (Phi) is 5.56. The normalized spacial score (nSPS) is 11.0. The number of hydrogen-bond acceptors (Lipinski definition) is 4. The van der Waals surface area contributed by atoms with Gasteiger partial charge in [-0.05, 0) is 31.5 Å². The molecule has 0 atom stereocenters. The molecule has 2 rings (SSSR count). The van der Waals surface area contributed by atoms with Gasteiger partial charge in [0.05, 0.1) is 17.9 Å². The molecule has 0 amide bonds. The van der Waals surface area contributed by atoms with Gasteiger partial charge < -0.3 is 10.1 Å². The van der Waals surface area contributed by atoms with Crippen LogP contribution in [0.1, 0.15) is 26.5 Å². The van der Waals surface area contributed by atoms with E-state index < -0.39 is 0 Å². The van der Waals surface area contributed by atoms with Crippen molar-refractivity contribution in [2.75, 3.05) is 13.2 Å². The lowest BCUT2D eigenvalue weighted by atomic mass is 10.2. The quantitative estimate of drug-likeness (QED) is 0.838. The van der Waals surface area contributed by atoms with Gasteiger partial charge in [0.15, 0.2) is 0 Å². The molecular formula is C16H22N2OS. The van der Waals surface area contributed by atoms with Crippen molar-refractivity contribution in [2.24, 2.45) is 5.92 Å². The van der Waals surface area contributed by atoms with Crippen LogP contribution in [0.4, 0.5) is 0 Å². The third-order valence-corrected chi connectivity index (χ3v) is 3.75. The maximum Gasteiger partial charge on any atom is 0.129 e. The van der Waals surface area contributed by atoms with Gasteiger partial charge in [-0.2, -0.15) is 0 Å². The lowest BCUT2D eigenvalue weighted by Gasteiger charge is -2.07. The van der Waals surface area contributed by atoms with Crippen LogP contribution < -0.4 is 10.1 Å². The molecular weight excluding hydrogens is 268 g/mol. The summed E-state index contributed by atoms with van der Waals surface area (Å²) in [4.78, 5) is 4.70. The maximum absolute atomic E-state index is 5.66. The molecule has 20 heavy (non-hydrogen) atoms. The molecule has 4 heteroatoms. The average Bonchev–Trinajstić information content (AvgIpc) is 2.88. The van der Waals surface area contributed by atoms with Crippen molar-refractivity contribution >= 4 is 11.3 Å². The van der Waals surface area contributed by atoms with E-state index in [4.69, 9.17) is 9.72 Å². The van der Waals surface area contributed by atoms with E-state index in [0.717, 1.165) is 35.1 Å². The lowest BCUT2D eigenvalue weighted by molar-refractivity contribution is 0.341. The first-order valence-corrected chi connectivity index (χ1v) is 7.96. The molecule has 0 aliphatic rings. The highest BCUT2D eigenvalue weighted by atomic mass is 32.1. The number of para-hydroxylation sites is 1. The van der Waals surface area contributed by atoms with Gasteiger partial charge in [-0.1, -0.05) is 26.0 Å². The van der Waals surface area contributed by atoms with Crippen LogP contribution in [0.5, 0.6) is 5.75 Å². The molecule has 108 valence electrons. The molecule has 0 bridgehead atoms. The Bertz CT molecular complexity index is 537. The predicted molar refractivity (Wildman–Crippen MR) is 85.3 cm³/mol. The van der Waals surface area contributed by atoms with E-state index in [2.05, 4.69) is 30.6 Å². The van der Waals surface area contributed by atoms with Crippen LogP contribution in [0.2, 0.25) is 0 Å². The van der Waals surface area contributed by atoms with Crippen molar-refractivity contribution in [1.82, 2.24) is 10.3 Å². The molecule has 0 radical (unpaired) electrons. The zero-order chi connectivity index (χ0) is 14.4. The van der Waals surface area contributed by atoms with Gasteiger partial charge in [-0.3, -0.25) is 0 Å². The van der Waals surface area contributed by atoms with Crippen LogP contribution in [0, 0.1) is 5.92 Å². The molecule has 0 saturated heterocycles. The molecule has 1 heterocycles. The molecule has 1 N–H and O–H groups in total. The van der Waals surface area contributed by atoms with E-state index in [1.165, 1.54) is 0 Å². The van der Waals surface area contributed by atoms with Gasteiger partial charge in [0.25, 0.3) is 0 Å². The number of thiazole rings is 1. The second-order valence-corrected chi connectivity index (χ2v) is 5.96. The number of ether oxygens (including phenoxy) is 1. The van der Waals surface area contributed by atoms with Crippen LogP contribution in [0.3, 0.4) is 0 Å². The van der Waals surface area contributed by atoms with Gasteiger partial charge in [-0.15, -0.1) is 11.3 Å². The van der Waals surface area contributed by atoms with E-state index >= 15 is 0 Å². The Morgan fingerprint density at radius 3 is 2.85 bits per heavy atom. The zero-order valence-electron chi connectivity index (χ0n) is 12.3. The predicted octanol–water partition coefficient (Wildman–Crippen LogP) is 3.95. The average molecular weight is 290 g/mol. The topological polar surface area (TPSA) is 34.1 Å². The Balaban J connectivity index is 2.08. The van der Waals surface area contributed by atoms with Gasteiger partial charge in [0.1, 0.15) is 10.8 Å². The summed E-state index contributed by atoms with van der Waals surface area (Å²) >= 11 is 1.67.